The SMILES string of the molecule is CCCC[NH+](CC(=O)NC(=O)NCc1ccco1)Cc1nc2ccccc2c(=O)[nH]1. The summed E-state index contributed by atoms with van der Waals surface area (Å²) in [5, 5.41) is 5.44. The van der Waals surface area contributed by atoms with E-state index >= 15 is 0 Å². The Morgan fingerprint density at radius 1 is 1.20 bits per heavy atom. The van der Waals surface area contributed by atoms with Gasteiger partial charge in [-0.2, -0.15) is 0 Å². The first kappa shape index (κ1) is 21.3. The van der Waals surface area contributed by atoms with Gasteiger partial charge in [0.25, 0.3) is 11.5 Å². The van der Waals surface area contributed by atoms with Crippen molar-refractivity contribution in [2.45, 2.75) is 32.9 Å². The molecule has 158 valence electrons. The van der Waals surface area contributed by atoms with Gasteiger partial charge in [-0.3, -0.25) is 14.9 Å². The van der Waals surface area contributed by atoms with Gasteiger partial charge in [0, 0.05) is 0 Å². The van der Waals surface area contributed by atoms with E-state index < -0.39 is 11.9 Å². The Labute approximate surface area is 173 Å². The predicted molar refractivity (Wildman–Crippen MR) is 111 cm³/mol. The molecule has 9 heteroatoms. The van der Waals surface area contributed by atoms with Crippen molar-refractivity contribution in [3.63, 3.8) is 0 Å². The van der Waals surface area contributed by atoms with Crippen LogP contribution >= 0.6 is 0 Å². The van der Waals surface area contributed by atoms with Gasteiger partial charge in [0.2, 0.25) is 0 Å². The number of aromatic nitrogens is 2. The summed E-state index contributed by atoms with van der Waals surface area (Å²) in [6, 6.07) is 10.0. The first-order valence-corrected chi connectivity index (χ1v) is 9.96. The molecular weight excluding hydrogens is 386 g/mol. The lowest BCUT2D eigenvalue weighted by Gasteiger charge is -2.18. The van der Waals surface area contributed by atoms with Crippen LogP contribution in [-0.4, -0.2) is 35.0 Å². The summed E-state index contributed by atoms with van der Waals surface area (Å²) in [6.07, 6.45) is 3.39. The largest absolute Gasteiger partial charge is 0.467 e. The number of carbonyl (C=O) groups excluding carboxylic acids is 2. The molecule has 30 heavy (non-hydrogen) atoms. The molecule has 4 N–H and O–H groups in total. The number of nitrogens with zero attached hydrogens (tertiary/aromatic N) is 1. The number of quaternary nitrogens is 1. The van der Waals surface area contributed by atoms with Crippen LogP contribution in [0.4, 0.5) is 4.79 Å². The number of imide groups is 1. The van der Waals surface area contributed by atoms with Crippen molar-refractivity contribution in [1.82, 2.24) is 20.6 Å². The third-order valence-corrected chi connectivity index (χ3v) is 4.63. The van der Waals surface area contributed by atoms with Crippen molar-refractivity contribution in [2.24, 2.45) is 0 Å². The Bertz CT molecular complexity index is 1040. The lowest BCUT2D eigenvalue weighted by molar-refractivity contribution is -0.906. The summed E-state index contributed by atoms with van der Waals surface area (Å²) in [5.74, 6) is 0.709. The molecule has 9 nitrogen and oxygen atoms in total. The standard InChI is InChI=1S/C21H25N5O4/c1-2-3-10-26(13-18-23-17-9-5-4-8-16(17)20(28)24-18)14-19(27)25-21(29)22-12-15-7-6-11-30-15/h4-9,11H,2-3,10,12-14H2,1H3,(H,23,24,28)(H2,22,25,27,29)/p+1. The number of fused-ring (bicyclic) bond motifs is 1. The van der Waals surface area contributed by atoms with E-state index in [0.29, 0.717) is 35.6 Å². The Morgan fingerprint density at radius 2 is 2.03 bits per heavy atom. The fourth-order valence-electron chi connectivity index (χ4n) is 3.14. The number of nitrogens with one attached hydrogen (secondary N) is 4. The van der Waals surface area contributed by atoms with Crippen molar-refractivity contribution in [2.75, 3.05) is 13.1 Å². The summed E-state index contributed by atoms with van der Waals surface area (Å²) in [6.45, 7) is 3.44. The molecule has 1 unspecified atom stereocenters. The fourth-order valence-corrected chi connectivity index (χ4v) is 3.14. The number of hydrogen-bond donors (Lipinski definition) is 4. The molecule has 3 amide bonds. The third kappa shape index (κ3) is 6.02. The highest BCUT2D eigenvalue weighted by Gasteiger charge is 2.18. The Balaban J connectivity index is 1.60. The van der Waals surface area contributed by atoms with Crippen LogP contribution in [-0.2, 0) is 17.9 Å². The van der Waals surface area contributed by atoms with E-state index in [0.717, 1.165) is 17.7 Å². The van der Waals surface area contributed by atoms with Crippen molar-refractivity contribution in [1.29, 1.82) is 0 Å². The third-order valence-electron chi connectivity index (χ3n) is 4.63. The molecule has 3 rings (SSSR count). The zero-order chi connectivity index (χ0) is 21.3. The van der Waals surface area contributed by atoms with Gasteiger partial charge in [0.15, 0.2) is 12.4 Å². The number of para-hydroxylation sites is 1. The molecule has 0 aliphatic carbocycles. The molecule has 0 fully saturated rings. The van der Waals surface area contributed by atoms with E-state index in [1.165, 1.54) is 6.26 Å². The Kier molecular flexibility index (Phi) is 7.34. The van der Waals surface area contributed by atoms with Gasteiger partial charge in [-0.05, 0) is 30.7 Å². The Hall–Kier alpha value is -3.46. The van der Waals surface area contributed by atoms with Crippen LogP contribution in [0.1, 0.15) is 31.4 Å². The smallest absolute Gasteiger partial charge is 0.321 e. The fraction of sp³-hybridized carbons (Fsp3) is 0.333. The second-order valence-electron chi connectivity index (χ2n) is 7.05. The molecule has 2 heterocycles. The van der Waals surface area contributed by atoms with E-state index in [1.54, 1.807) is 30.3 Å². The normalized spacial score (nSPS) is 11.9. The van der Waals surface area contributed by atoms with Crippen molar-refractivity contribution in [3.8, 4) is 0 Å². The van der Waals surface area contributed by atoms with E-state index in [4.69, 9.17) is 4.42 Å². The summed E-state index contributed by atoms with van der Waals surface area (Å²) in [4.78, 5) is 44.8. The molecule has 3 aromatic rings. The van der Waals surface area contributed by atoms with Crippen molar-refractivity contribution >= 4 is 22.8 Å². The number of amides is 3. The van der Waals surface area contributed by atoms with Gasteiger partial charge in [-0.25, -0.2) is 9.78 Å². The quantitative estimate of drug-likeness (QED) is 0.413. The summed E-state index contributed by atoms with van der Waals surface area (Å²) in [5.41, 5.74) is 0.417. The number of unbranched alkanes of at least 4 members (excludes halogenated alkanes) is 1. The average molecular weight is 412 g/mol. The number of furan rings is 1. The molecule has 0 saturated heterocycles. The highest BCUT2D eigenvalue weighted by Crippen LogP contribution is 2.05. The molecule has 0 aliphatic rings. The highest BCUT2D eigenvalue weighted by atomic mass is 16.3. The number of rotatable bonds is 9. The second kappa shape index (κ2) is 10.4. The van der Waals surface area contributed by atoms with E-state index in [-0.39, 0.29) is 18.6 Å². The van der Waals surface area contributed by atoms with Gasteiger partial charge in [0.05, 0.1) is 30.3 Å². The zero-order valence-corrected chi connectivity index (χ0v) is 16.9. The monoisotopic (exact) mass is 412 g/mol. The van der Waals surface area contributed by atoms with Gasteiger partial charge in [0.1, 0.15) is 12.3 Å². The summed E-state index contributed by atoms with van der Waals surface area (Å²) in [7, 11) is 0. The number of carbonyl (C=O) groups is 2. The molecule has 2 aromatic heterocycles. The van der Waals surface area contributed by atoms with Crippen LogP contribution in [0.5, 0.6) is 0 Å². The minimum absolute atomic E-state index is 0.0880. The van der Waals surface area contributed by atoms with E-state index in [1.807, 2.05) is 6.07 Å². The molecule has 1 atom stereocenters. The molecule has 0 saturated carbocycles. The molecule has 0 aliphatic heterocycles. The Morgan fingerprint density at radius 3 is 2.80 bits per heavy atom. The molecule has 1 aromatic carbocycles. The van der Waals surface area contributed by atoms with Crippen LogP contribution in [0.25, 0.3) is 10.9 Å². The molecule has 0 spiro atoms. The van der Waals surface area contributed by atoms with Gasteiger partial charge in [-0.15, -0.1) is 0 Å². The number of urea groups is 1. The van der Waals surface area contributed by atoms with Gasteiger partial charge in [-0.1, -0.05) is 25.5 Å². The number of benzene rings is 1. The second-order valence-corrected chi connectivity index (χ2v) is 7.05. The maximum atomic E-state index is 12.3. The zero-order valence-electron chi connectivity index (χ0n) is 16.9. The minimum atomic E-state index is -0.580. The lowest BCUT2D eigenvalue weighted by Crippen LogP contribution is -3.12. The average Bonchev–Trinajstić information content (AvgIpc) is 3.24. The van der Waals surface area contributed by atoms with Crippen LogP contribution in [0.15, 0.2) is 51.9 Å². The van der Waals surface area contributed by atoms with Crippen LogP contribution in [0.2, 0.25) is 0 Å². The van der Waals surface area contributed by atoms with Crippen LogP contribution in [0, 0.1) is 0 Å². The van der Waals surface area contributed by atoms with Gasteiger partial charge >= 0.3 is 6.03 Å². The first-order chi connectivity index (χ1) is 14.5. The van der Waals surface area contributed by atoms with Gasteiger partial charge < -0.3 is 19.6 Å². The molecular formula is C21H26N5O4+. The first-order valence-electron chi connectivity index (χ1n) is 9.96. The van der Waals surface area contributed by atoms with Crippen molar-refractivity contribution in [3.05, 3.63) is 64.6 Å². The summed E-state index contributed by atoms with van der Waals surface area (Å²) < 4.78 is 5.14. The van der Waals surface area contributed by atoms with Crippen LogP contribution < -0.4 is 21.1 Å². The molecule has 0 bridgehead atoms. The number of aromatic amines is 1. The molecule has 0 radical (unpaired) electrons. The minimum Gasteiger partial charge on any atom is -0.467 e. The number of hydrogen-bond acceptors (Lipinski definition) is 5. The van der Waals surface area contributed by atoms with E-state index in [2.05, 4.69) is 27.5 Å². The predicted octanol–water partition coefficient (Wildman–Crippen LogP) is 0.727. The van der Waals surface area contributed by atoms with E-state index in [9.17, 15) is 14.4 Å². The lowest BCUT2D eigenvalue weighted by atomic mass is 10.2. The highest BCUT2D eigenvalue weighted by molar-refractivity contribution is 5.94. The topological polar surface area (TPSA) is 122 Å². The van der Waals surface area contributed by atoms with Crippen molar-refractivity contribution < 1.29 is 18.9 Å². The maximum absolute atomic E-state index is 12.3. The maximum Gasteiger partial charge on any atom is 0.321 e. The van der Waals surface area contributed by atoms with Crippen LogP contribution in [0.3, 0.4) is 0 Å². The number of H-pyrrole nitrogens is 1. The summed E-state index contributed by atoms with van der Waals surface area (Å²) >= 11 is 0.